The summed E-state index contributed by atoms with van der Waals surface area (Å²) in [5, 5.41) is 3.05. The van der Waals surface area contributed by atoms with Gasteiger partial charge in [-0.25, -0.2) is 4.98 Å². The molecule has 2 aromatic carbocycles. The number of aryl methyl sites for hydroxylation is 1. The molecule has 3 rings (SSSR count). The zero-order chi connectivity index (χ0) is 20.6. The van der Waals surface area contributed by atoms with Crippen LogP contribution in [0.2, 0.25) is 0 Å². The van der Waals surface area contributed by atoms with Crippen LogP contribution >= 0.6 is 0 Å². The Hall–Kier alpha value is -3.48. The first-order valence-corrected chi connectivity index (χ1v) is 9.28. The molecule has 0 saturated heterocycles. The van der Waals surface area contributed by atoms with Gasteiger partial charge in [0.2, 0.25) is 5.91 Å². The minimum atomic E-state index is -0.455. The number of para-hydroxylation sites is 1. The number of ether oxygens (including phenoxy) is 3. The largest absolute Gasteiger partial charge is 0.497 e. The third-order valence-electron chi connectivity index (χ3n) is 4.47. The van der Waals surface area contributed by atoms with Gasteiger partial charge in [-0.05, 0) is 29.8 Å². The van der Waals surface area contributed by atoms with Crippen LogP contribution in [-0.2, 0) is 11.8 Å². The predicted octanol–water partition coefficient (Wildman–Crippen LogP) is 3.11. The predicted molar refractivity (Wildman–Crippen MR) is 109 cm³/mol. The van der Waals surface area contributed by atoms with Gasteiger partial charge in [0, 0.05) is 25.5 Å². The lowest BCUT2D eigenvalue weighted by Gasteiger charge is -2.20. The molecule has 1 atom stereocenters. The van der Waals surface area contributed by atoms with E-state index in [0.29, 0.717) is 17.3 Å². The maximum absolute atomic E-state index is 12.6. The van der Waals surface area contributed by atoms with Crippen molar-refractivity contribution in [2.45, 2.75) is 12.5 Å². The van der Waals surface area contributed by atoms with Crippen LogP contribution in [0.1, 0.15) is 23.9 Å². The molecular formula is C22H25N3O4. The summed E-state index contributed by atoms with van der Waals surface area (Å²) in [7, 11) is 5.07. The Labute approximate surface area is 170 Å². The number of imidazole rings is 1. The van der Waals surface area contributed by atoms with E-state index < -0.39 is 6.04 Å². The van der Waals surface area contributed by atoms with E-state index in [1.807, 2.05) is 60.3 Å². The van der Waals surface area contributed by atoms with Gasteiger partial charge >= 0.3 is 0 Å². The molecular weight excluding hydrogens is 370 g/mol. The number of aromatic nitrogens is 2. The van der Waals surface area contributed by atoms with Gasteiger partial charge in [0.25, 0.3) is 0 Å². The molecule has 0 fully saturated rings. The number of rotatable bonds is 9. The van der Waals surface area contributed by atoms with Crippen LogP contribution in [0.4, 0.5) is 0 Å². The number of methoxy groups -OCH3 is 2. The fourth-order valence-electron chi connectivity index (χ4n) is 2.96. The number of benzene rings is 2. The fraction of sp³-hybridized carbons (Fsp3) is 0.273. The lowest BCUT2D eigenvalue weighted by Crippen LogP contribution is -2.32. The molecule has 7 heteroatoms. The monoisotopic (exact) mass is 395 g/mol. The van der Waals surface area contributed by atoms with E-state index in [2.05, 4.69) is 10.3 Å². The Morgan fingerprint density at radius 2 is 1.76 bits per heavy atom. The highest BCUT2D eigenvalue weighted by Gasteiger charge is 2.22. The van der Waals surface area contributed by atoms with Crippen molar-refractivity contribution in [1.82, 2.24) is 14.9 Å². The standard InChI is InChI=1S/C22H25N3O4/c1-25-11-10-23-22(25)21(16-13-18(27-2)15-19(14-16)28-3)24-20(26)9-12-29-17-7-5-4-6-8-17/h4-8,10-11,13-15,21H,9,12H2,1-3H3,(H,24,26). The second-order valence-corrected chi connectivity index (χ2v) is 6.45. The van der Waals surface area contributed by atoms with Crippen molar-refractivity contribution >= 4 is 5.91 Å². The lowest BCUT2D eigenvalue weighted by atomic mass is 10.0. The SMILES string of the molecule is COc1cc(OC)cc(C(NC(=O)CCOc2ccccc2)c2nccn2C)c1. The van der Waals surface area contributed by atoms with E-state index in [4.69, 9.17) is 14.2 Å². The molecule has 0 aliphatic heterocycles. The van der Waals surface area contributed by atoms with Gasteiger partial charge in [-0.1, -0.05) is 18.2 Å². The van der Waals surface area contributed by atoms with Gasteiger partial charge in [-0.3, -0.25) is 4.79 Å². The first-order valence-electron chi connectivity index (χ1n) is 9.28. The highest BCUT2D eigenvalue weighted by Crippen LogP contribution is 2.29. The minimum absolute atomic E-state index is 0.143. The molecule has 29 heavy (non-hydrogen) atoms. The summed E-state index contributed by atoms with van der Waals surface area (Å²) in [5.41, 5.74) is 0.813. The average Bonchev–Trinajstić information content (AvgIpc) is 3.17. The molecule has 7 nitrogen and oxygen atoms in total. The molecule has 0 bridgehead atoms. The first-order chi connectivity index (χ1) is 14.1. The van der Waals surface area contributed by atoms with Gasteiger partial charge in [0.15, 0.2) is 0 Å². The fourth-order valence-corrected chi connectivity index (χ4v) is 2.96. The van der Waals surface area contributed by atoms with Crippen LogP contribution in [-0.4, -0.2) is 36.3 Å². The Bertz CT molecular complexity index is 918. The molecule has 0 radical (unpaired) electrons. The second-order valence-electron chi connectivity index (χ2n) is 6.45. The third-order valence-corrected chi connectivity index (χ3v) is 4.47. The minimum Gasteiger partial charge on any atom is -0.497 e. The molecule has 0 saturated carbocycles. The van der Waals surface area contributed by atoms with Crippen molar-refractivity contribution in [3.63, 3.8) is 0 Å². The van der Waals surface area contributed by atoms with E-state index in [9.17, 15) is 4.79 Å². The molecule has 0 spiro atoms. The number of carbonyl (C=O) groups is 1. The van der Waals surface area contributed by atoms with Crippen LogP contribution < -0.4 is 19.5 Å². The molecule has 1 aromatic heterocycles. The number of carbonyl (C=O) groups excluding carboxylic acids is 1. The Morgan fingerprint density at radius 3 is 2.34 bits per heavy atom. The maximum Gasteiger partial charge on any atom is 0.224 e. The summed E-state index contributed by atoms with van der Waals surface area (Å²) < 4.78 is 18.3. The van der Waals surface area contributed by atoms with Gasteiger partial charge < -0.3 is 24.1 Å². The molecule has 0 aliphatic carbocycles. The average molecular weight is 395 g/mol. The summed E-state index contributed by atoms with van der Waals surface area (Å²) in [6.45, 7) is 0.282. The molecule has 0 aliphatic rings. The molecule has 152 valence electrons. The molecule has 1 N–H and O–H groups in total. The molecule has 1 unspecified atom stereocenters. The number of hydrogen-bond donors (Lipinski definition) is 1. The summed E-state index contributed by atoms with van der Waals surface area (Å²) in [5.74, 6) is 2.58. The van der Waals surface area contributed by atoms with Crippen LogP contribution in [0, 0.1) is 0 Å². The third kappa shape index (κ3) is 5.28. The molecule has 1 amide bonds. The van der Waals surface area contributed by atoms with Crippen molar-refractivity contribution < 1.29 is 19.0 Å². The van der Waals surface area contributed by atoms with Crippen molar-refractivity contribution in [3.05, 3.63) is 72.3 Å². The number of nitrogens with one attached hydrogen (secondary N) is 1. The zero-order valence-electron chi connectivity index (χ0n) is 16.8. The van der Waals surface area contributed by atoms with E-state index in [0.717, 1.165) is 11.3 Å². The number of amides is 1. The van der Waals surface area contributed by atoms with E-state index in [1.165, 1.54) is 0 Å². The summed E-state index contributed by atoms with van der Waals surface area (Å²) in [4.78, 5) is 17.1. The Balaban J connectivity index is 1.76. The Kier molecular flexibility index (Phi) is 6.73. The summed E-state index contributed by atoms with van der Waals surface area (Å²) in [6.07, 6.45) is 3.76. The van der Waals surface area contributed by atoms with Crippen LogP contribution in [0.3, 0.4) is 0 Å². The highest BCUT2D eigenvalue weighted by atomic mass is 16.5. The van der Waals surface area contributed by atoms with E-state index >= 15 is 0 Å². The first kappa shape index (κ1) is 20.3. The van der Waals surface area contributed by atoms with Gasteiger partial charge in [0.05, 0.1) is 27.2 Å². The van der Waals surface area contributed by atoms with E-state index in [1.54, 1.807) is 26.5 Å². The van der Waals surface area contributed by atoms with Crippen molar-refractivity contribution in [1.29, 1.82) is 0 Å². The van der Waals surface area contributed by atoms with E-state index in [-0.39, 0.29) is 18.9 Å². The van der Waals surface area contributed by atoms with Crippen LogP contribution in [0.25, 0.3) is 0 Å². The van der Waals surface area contributed by atoms with Crippen LogP contribution in [0.15, 0.2) is 60.9 Å². The number of hydrogen-bond acceptors (Lipinski definition) is 5. The lowest BCUT2D eigenvalue weighted by molar-refractivity contribution is -0.122. The Morgan fingerprint density at radius 1 is 1.07 bits per heavy atom. The molecule has 3 aromatic rings. The zero-order valence-corrected chi connectivity index (χ0v) is 16.8. The maximum atomic E-state index is 12.6. The van der Waals surface area contributed by atoms with Gasteiger partial charge in [-0.2, -0.15) is 0 Å². The quantitative estimate of drug-likeness (QED) is 0.603. The molecule has 1 heterocycles. The summed E-state index contributed by atoms with van der Waals surface area (Å²) in [6, 6.07) is 14.5. The van der Waals surface area contributed by atoms with Crippen molar-refractivity contribution in [3.8, 4) is 17.2 Å². The van der Waals surface area contributed by atoms with Crippen molar-refractivity contribution in [2.24, 2.45) is 7.05 Å². The number of nitrogens with zero attached hydrogens (tertiary/aromatic N) is 2. The highest BCUT2D eigenvalue weighted by molar-refractivity contribution is 5.77. The van der Waals surface area contributed by atoms with Gasteiger partial charge in [0.1, 0.15) is 29.1 Å². The topological polar surface area (TPSA) is 74.6 Å². The second kappa shape index (κ2) is 9.64. The summed E-state index contributed by atoms with van der Waals surface area (Å²) >= 11 is 0. The smallest absolute Gasteiger partial charge is 0.224 e. The normalized spacial score (nSPS) is 11.6. The van der Waals surface area contributed by atoms with Crippen LogP contribution in [0.5, 0.6) is 17.2 Å². The van der Waals surface area contributed by atoms with Gasteiger partial charge in [-0.15, -0.1) is 0 Å². The van der Waals surface area contributed by atoms with Crippen molar-refractivity contribution in [2.75, 3.05) is 20.8 Å².